The molecule has 0 unspecified atom stereocenters. The topological polar surface area (TPSA) is 101 Å². The highest BCUT2D eigenvalue weighted by Crippen LogP contribution is 2.61. The van der Waals surface area contributed by atoms with Crippen molar-refractivity contribution in [2.24, 2.45) is 11.8 Å². The van der Waals surface area contributed by atoms with Gasteiger partial charge in [-0.1, -0.05) is 78.3 Å². The van der Waals surface area contributed by atoms with Gasteiger partial charge in [-0.2, -0.15) is 5.01 Å². The smallest absolute Gasteiger partial charge is 0.272 e. The molecule has 202 valence electrons. The van der Waals surface area contributed by atoms with Crippen LogP contribution in [0.15, 0.2) is 97.1 Å². The van der Waals surface area contributed by atoms with E-state index in [0.717, 1.165) is 32.3 Å². The van der Waals surface area contributed by atoms with Crippen LogP contribution in [-0.4, -0.2) is 32.7 Å². The quantitative estimate of drug-likeness (QED) is 0.176. The Labute approximate surface area is 239 Å². The minimum atomic E-state index is -0.671. The molecule has 8 rings (SSSR count). The van der Waals surface area contributed by atoms with Gasteiger partial charge in [-0.15, -0.1) is 0 Å². The lowest BCUT2D eigenvalue weighted by Gasteiger charge is -2.45. The summed E-state index contributed by atoms with van der Waals surface area (Å²) in [5.74, 6) is -3.51. The first-order valence-electron chi connectivity index (χ1n) is 13.2. The van der Waals surface area contributed by atoms with Crippen LogP contribution in [-0.2, 0) is 16.1 Å². The maximum atomic E-state index is 14.3. The number of amides is 3. The van der Waals surface area contributed by atoms with Crippen LogP contribution in [0.5, 0.6) is 0 Å². The Morgan fingerprint density at radius 3 is 1.68 bits per heavy atom. The molecule has 41 heavy (non-hydrogen) atoms. The fraction of sp³-hybridized carbons (Fsp3) is 0.156. The van der Waals surface area contributed by atoms with Crippen molar-refractivity contribution >= 4 is 35.0 Å². The lowest BCUT2D eigenvalue weighted by atomic mass is 9.55. The number of halogens is 1. The summed E-state index contributed by atoms with van der Waals surface area (Å²) in [6.07, 6.45) is 0. The van der Waals surface area contributed by atoms with Crippen molar-refractivity contribution in [1.29, 1.82) is 0 Å². The van der Waals surface area contributed by atoms with E-state index in [1.807, 2.05) is 48.5 Å². The second-order valence-corrected chi connectivity index (χ2v) is 10.9. The van der Waals surface area contributed by atoms with Gasteiger partial charge in [-0.3, -0.25) is 24.5 Å². The van der Waals surface area contributed by atoms with Crippen LogP contribution in [0.3, 0.4) is 0 Å². The molecule has 9 heteroatoms. The van der Waals surface area contributed by atoms with Gasteiger partial charge in [0, 0.05) is 34.6 Å². The van der Waals surface area contributed by atoms with Gasteiger partial charge in [-0.05, 0) is 46.0 Å². The van der Waals surface area contributed by atoms with Crippen LogP contribution in [0.2, 0.25) is 5.02 Å². The summed E-state index contributed by atoms with van der Waals surface area (Å²) in [4.78, 5) is 53.3. The Bertz CT molecular complexity index is 1660. The van der Waals surface area contributed by atoms with E-state index in [2.05, 4.69) is 0 Å². The maximum absolute atomic E-state index is 14.3. The summed E-state index contributed by atoms with van der Waals surface area (Å²) < 4.78 is 0. The summed E-state index contributed by atoms with van der Waals surface area (Å²) in [5, 5.41) is 13.7. The van der Waals surface area contributed by atoms with E-state index in [1.54, 1.807) is 24.3 Å². The fourth-order valence-electron chi connectivity index (χ4n) is 6.80. The molecular weight excluding hydrogens is 542 g/mol. The van der Waals surface area contributed by atoms with Crippen LogP contribution in [0.25, 0.3) is 0 Å². The van der Waals surface area contributed by atoms with E-state index in [9.17, 15) is 24.5 Å². The first-order valence-corrected chi connectivity index (χ1v) is 13.6. The van der Waals surface area contributed by atoms with Crippen molar-refractivity contribution < 1.29 is 19.3 Å². The summed E-state index contributed by atoms with van der Waals surface area (Å²) in [6.45, 7) is -0.137. The summed E-state index contributed by atoms with van der Waals surface area (Å²) in [6, 6.07) is 27.9. The molecular formula is C32H22ClN3O5. The molecule has 1 heterocycles. The Morgan fingerprint density at radius 1 is 0.756 bits per heavy atom. The lowest BCUT2D eigenvalue weighted by Crippen LogP contribution is -2.50. The third-order valence-electron chi connectivity index (χ3n) is 8.50. The van der Waals surface area contributed by atoms with Gasteiger partial charge in [0.1, 0.15) is 0 Å². The number of hydrogen-bond donors (Lipinski definition) is 0. The Hall–Kier alpha value is -4.82. The monoisotopic (exact) mass is 563 g/mol. The number of rotatable bonds is 5. The zero-order chi connectivity index (χ0) is 28.4. The predicted octanol–water partition coefficient (Wildman–Crippen LogP) is 5.70. The summed E-state index contributed by atoms with van der Waals surface area (Å²) in [7, 11) is 0. The Balaban J connectivity index is 1.34. The van der Waals surface area contributed by atoms with Crippen LogP contribution in [0.1, 0.15) is 50.0 Å². The third kappa shape index (κ3) is 3.71. The Kier molecular flexibility index (Phi) is 5.76. The van der Waals surface area contributed by atoms with Crippen LogP contribution < -0.4 is 0 Å². The standard InChI is InChI=1S/C32H22ClN3O5/c33-25-12-6-1-7-19(25)17-34(30(37)18-13-15-20(16-14-18)36(40)41)35-31(38)28-26-21-8-2-3-9-22(21)27(29(28)32(35)39)24-11-5-4-10-23(24)26/h1-16,26-29H,17H2/t26?,27?,28-,29-/m1/s1. The predicted molar refractivity (Wildman–Crippen MR) is 150 cm³/mol. The second-order valence-electron chi connectivity index (χ2n) is 10.5. The average molecular weight is 564 g/mol. The van der Waals surface area contributed by atoms with Crippen molar-refractivity contribution in [3.05, 3.63) is 146 Å². The third-order valence-corrected chi connectivity index (χ3v) is 8.87. The van der Waals surface area contributed by atoms with E-state index in [4.69, 9.17) is 11.6 Å². The van der Waals surface area contributed by atoms with Gasteiger partial charge in [0.15, 0.2) is 0 Å². The van der Waals surface area contributed by atoms with Gasteiger partial charge in [0.05, 0.1) is 23.3 Å². The van der Waals surface area contributed by atoms with E-state index in [1.165, 1.54) is 24.3 Å². The summed E-state index contributed by atoms with van der Waals surface area (Å²) >= 11 is 6.45. The van der Waals surface area contributed by atoms with Crippen molar-refractivity contribution in [3.63, 3.8) is 0 Å². The number of carbonyl (C=O) groups excluding carboxylic acids is 3. The normalized spacial score (nSPS) is 21.7. The molecule has 3 aliphatic carbocycles. The van der Waals surface area contributed by atoms with Gasteiger partial charge >= 0.3 is 0 Å². The molecule has 4 aromatic rings. The van der Waals surface area contributed by atoms with E-state index in [-0.39, 0.29) is 29.6 Å². The second kappa shape index (κ2) is 9.38. The van der Waals surface area contributed by atoms with Crippen molar-refractivity contribution in [2.75, 3.05) is 0 Å². The molecule has 0 aromatic heterocycles. The highest BCUT2D eigenvalue weighted by Gasteiger charge is 2.63. The van der Waals surface area contributed by atoms with Crippen LogP contribution >= 0.6 is 11.6 Å². The van der Waals surface area contributed by atoms with Gasteiger partial charge in [-0.25, -0.2) is 5.01 Å². The molecule has 4 aromatic carbocycles. The van der Waals surface area contributed by atoms with Crippen LogP contribution in [0, 0.1) is 22.0 Å². The molecule has 0 saturated carbocycles. The van der Waals surface area contributed by atoms with Gasteiger partial charge < -0.3 is 0 Å². The summed E-state index contributed by atoms with van der Waals surface area (Å²) in [5.41, 5.74) is 4.59. The number of carbonyl (C=O) groups is 3. The SMILES string of the molecule is O=C(c1ccc([N+](=O)[O-])cc1)N(Cc1ccccc1Cl)N1C(=O)[C@@H]2C3c4ccccc4C(c4ccccc43)[C@H]2C1=O. The molecule has 1 saturated heterocycles. The molecule has 3 amide bonds. The van der Waals surface area contributed by atoms with Crippen molar-refractivity contribution in [1.82, 2.24) is 10.0 Å². The first kappa shape index (κ1) is 25.2. The largest absolute Gasteiger partial charge is 0.273 e. The zero-order valence-electron chi connectivity index (χ0n) is 21.5. The maximum Gasteiger partial charge on any atom is 0.273 e. The number of non-ortho nitro benzene ring substituents is 1. The molecule has 4 aliphatic rings. The molecule has 0 radical (unpaired) electrons. The Morgan fingerprint density at radius 2 is 1.22 bits per heavy atom. The minimum Gasteiger partial charge on any atom is -0.272 e. The number of benzene rings is 4. The number of nitro benzene ring substituents is 1. The number of nitrogens with zero attached hydrogens (tertiary/aromatic N) is 3. The van der Waals surface area contributed by atoms with Gasteiger partial charge in [0.2, 0.25) is 0 Å². The minimum absolute atomic E-state index is 0.104. The van der Waals surface area contributed by atoms with E-state index < -0.39 is 34.5 Å². The molecule has 2 atom stereocenters. The molecule has 0 spiro atoms. The van der Waals surface area contributed by atoms with Crippen LogP contribution in [0.4, 0.5) is 5.69 Å². The fourth-order valence-corrected chi connectivity index (χ4v) is 6.99. The average Bonchev–Trinajstić information content (AvgIpc) is 3.26. The molecule has 2 bridgehead atoms. The molecule has 0 N–H and O–H groups in total. The zero-order valence-corrected chi connectivity index (χ0v) is 22.3. The molecule has 8 nitrogen and oxygen atoms in total. The number of nitro groups is 1. The highest BCUT2D eigenvalue weighted by atomic mass is 35.5. The number of hydrazine groups is 1. The van der Waals surface area contributed by atoms with E-state index >= 15 is 0 Å². The molecule has 1 fully saturated rings. The van der Waals surface area contributed by atoms with Gasteiger partial charge in [0.25, 0.3) is 23.4 Å². The lowest BCUT2D eigenvalue weighted by molar-refractivity contribution is -0.384. The highest BCUT2D eigenvalue weighted by molar-refractivity contribution is 6.31. The van der Waals surface area contributed by atoms with E-state index in [0.29, 0.717) is 10.6 Å². The van der Waals surface area contributed by atoms with Crippen molar-refractivity contribution in [2.45, 2.75) is 18.4 Å². The first-order chi connectivity index (χ1) is 19.9. The van der Waals surface area contributed by atoms with Crippen molar-refractivity contribution in [3.8, 4) is 0 Å². The molecule has 1 aliphatic heterocycles. The number of imide groups is 1. The number of hydrogen-bond acceptors (Lipinski definition) is 5.